The maximum absolute atomic E-state index is 13.8. The van der Waals surface area contributed by atoms with E-state index >= 15 is 0 Å². The van der Waals surface area contributed by atoms with Crippen molar-refractivity contribution in [3.8, 4) is 11.8 Å². The van der Waals surface area contributed by atoms with Gasteiger partial charge in [0.1, 0.15) is 0 Å². The Morgan fingerprint density at radius 1 is 1.00 bits per heavy atom. The number of carbonyl (C=O) groups is 2. The van der Waals surface area contributed by atoms with Gasteiger partial charge >= 0.3 is 17.7 Å². The molecule has 2 aromatic carbocycles. The third-order valence-electron chi connectivity index (χ3n) is 6.29. The molecule has 0 unspecified atom stereocenters. The molecule has 10 nitrogen and oxygen atoms in total. The Bertz CT molecular complexity index is 1270. The van der Waals surface area contributed by atoms with Crippen LogP contribution >= 0.6 is 0 Å². The molecule has 0 fully saturated rings. The predicted molar refractivity (Wildman–Crippen MR) is 134 cm³/mol. The lowest BCUT2D eigenvalue weighted by Gasteiger charge is -2.42. The largest absolute Gasteiger partial charge is 0.510 e. The lowest BCUT2D eigenvalue weighted by atomic mass is 9.83. The smallest absolute Gasteiger partial charge is 0.468 e. The van der Waals surface area contributed by atoms with Gasteiger partial charge in [-0.1, -0.05) is 60.7 Å². The highest BCUT2D eigenvalue weighted by Gasteiger charge is 2.42. The molecule has 10 heteroatoms. The number of carbonyl (C=O) groups excluding carboxylic acids is 2. The molecule has 0 saturated heterocycles. The number of methoxy groups -OCH3 is 2. The Morgan fingerprint density at radius 3 is 2.11 bits per heavy atom. The van der Waals surface area contributed by atoms with Gasteiger partial charge in [-0.3, -0.25) is 14.2 Å². The lowest BCUT2D eigenvalue weighted by Crippen LogP contribution is -2.49. The summed E-state index contributed by atoms with van der Waals surface area (Å²) in [5.74, 6) is -0.977. The van der Waals surface area contributed by atoms with Crippen molar-refractivity contribution in [1.29, 1.82) is 0 Å². The van der Waals surface area contributed by atoms with Crippen LogP contribution in [-0.2, 0) is 9.47 Å². The second-order valence-electron chi connectivity index (χ2n) is 8.73. The van der Waals surface area contributed by atoms with Crippen molar-refractivity contribution >= 4 is 12.1 Å². The van der Waals surface area contributed by atoms with E-state index in [0.717, 1.165) is 18.2 Å². The number of amides is 1. The number of aromatic nitrogens is 2. The van der Waals surface area contributed by atoms with Crippen molar-refractivity contribution in [1.82, 2.24) is 14.5 Å². The number of nitrogens with zero attached hydrogens (tertiary/aromatic N) is 3. The van der Waals surface area contributed by atoms with Gasteiger partial charge in [0, 0.05) is 18.5 Å². The van der Waals surface area contributed by atoms with E-state index in [-0.39, 0.29) is 29.4 Å². The van der Waals surface area contributed by atoms with E-state index in [4.69, 9.17) is 14.2 Å². The highest BCUT2D eigenvalue weighted by atomic mass is 16.8. The molecule has 0 aliphatic carbocycles. The normalized spacial score (nSPS) is 14.9. The average Bonchev–Trinajstić information content (AvgIpc) is 2.91. The molecule has 2 heterocycles. The molecule has 4 rings (SSSR count). The van der Waals surface area contributed by atoms with Gasteiger partial charge < -0.3 is 23.8 Å². The Hall–Kier alpha value is -4.34. The molecule has 3 aromatic rings. The van der Waals surface area contributed by atoms with Crippen LogP contribution in [0.1, 0.15) is 47.4 Å². The van der Waals surface area contributed by atoms with Crippen molar-refractivity contribution in [2.75, 3.05) is 27.6 Å². The first-order valence-corrected chi connectivity index (χ1v) is 11.8. The third kappa shape index (κ3) is 5.13. The van der Waals surface area contributed by atoms with Gasteiger partial charge in [-0.15, -0.1) is 0 Å². The topological polar surface area (TPSA) is 109 Å². The number of ether oxygens (including phenoxy) is 4. The number of benzene rings is 2. The van der Waals surface area contributed by atoms with Crippen LogP contribution in [0.15, 0.2) is 65.5 Å². The number of hydrogen-bond donors (Lipinski definition) is 0. The number of fused-ring (bicyclic) bond motifs is 1. The van der Waals surface area contributed by atoms with Gasteiger partial charge in [-0.2, -0.15) is 4.98 Å². The second-order valence-corrected chi connectivity index (χ2v) is 8.73. The maximum Gasteiger partial charge on any atom is 0.510 e. The number of rotatable bonds is 8. The van der Waals surface area contributed by atoms with E-state index in [0.29, 0.717) is 6.54 Å². The van der Waals surface area contributed by atoms with Gasteiger partial charge in [-0.25, -0.2) is 4.79 Å². The summed E-state index contributed by atoms with van der Waals surface area (Å²) in [6, 6.07) is 19.2. The monoisotopic (exact) mass is 507 g/mol. The first kappa shape index (κ1) is 25.7. The molecule has 37 heavy (non-hydrogen) atoms. The van der Waals surface area contributed by atoms with Crippen LogP contribution < -0.4 is 15.0 Å². The minimum Gasteiger partial charge on any atom is -0.468 e. The van der Waals surface area contributed by atoms with Crippen LogP contribution in [-0.4, -0.2) is 60.1 Å². The van der Waals surface area contributed by atoms with E-state index in [2.05, 4.69) is 9.72 Å². The Balaban J connectivity index is 1.95. The van der Waals surface area contributed by atoms with Gasteiger partial charge in [-0.05, 0) is 25.0 Å². The predicted octanol–water partition coefficient (Wildman–Crippen LogP) is 3.61. The molecule has 0 bridgehead atoms. The highest BCUT2D eigenvalue weighted by molar-refractivity contribution is 5.96. The van der Waals surface area contributed by atoms with Gasteiger partial charge in [0.2, 0.25) is 12.5 Å². The molecule has 1 aliphatic heterocycles. The van der Waals surface area contributed by atoms with Gasteiger partial charge in [0.15, 0.2) is 5.69 Å². The fraction of sp³-hybridized carbons (Fsp3) is 0.333. The van der Waals surface area contributed by atoms with Crippen molar-refractivity contribution < 1.29 is 28.5 Å². The molecule has 0 spiro atoms. The second kappa shape index (κ2) is 11.2. The maximum atomic E-state index is 13.8. The minimum absolute atomic E-state index is 0.0140. The van der Waals surface area contributed by atoms with Crippen molar-refractivity contribution in [2.24, 2.45) is 0 Å². The summed E-state index contributed by atoms with van der Waals surface area (Å²) >= 11 is 0. The molecule has 1 aromatic heterocycles. The zero-order valence-electron chi connectivity index (χ0n) is 21.1. The third-order valence-corrected chi connectivity index (χ3v) is 6.29. The molecule has 1 amide bonds. The zero-order chi connectivity index (χ0) is 26.5. The molecular formula is C27H29N3O7. The molecule has 0 saturated carbocycles. The van der Waals surface area contributed by atoms with Crippen LogP contribution in [0.2, 0.25) is 0 Å². The fourth-order valence-corrected chi connectivity index (χ4v) is 4.63. The Kier molecular flexibility index (Phi) is 7.76. The first-order valence-electron chi connectivity index (χ1n) is 11.8. The molecule has 194 valence electrons. The van der Waals surface area contributed by atoms with Crippen LogP contribution in [0.4, 0.5) is 4.79 Å². The summed E-state index contributed by atoms with van der Waals surface area (Å²) < 4.78 is 21.9. The molecule has 1 atom stereocenters. The molecule has 0 radical (unpaired) electrons. The Morgan fingerprint density at radius 2 is 1.59 bits per heavy atom. The van der Waals surface area contributed by atoms with Crippen molar-refractivity contribution in [3.63, 3.8) is 0 Å². The summed E-state index contributed by atoms with van der Waals surface area (Å²) in [7, 11) is 2.54. The summed E-state index contributed by atoms with van der Waals surface area (Å²) in [5.41, 5.74) is 1.19. The van der Waals surface area contributed by atoms with E-state index < -0.39 is 30.5 Å². The van der Waals surface area contributed by atoms with Crippen LogP contribution in [0.5, 0.6) is 11.8 Å². The highest BCUT2D eigenvalue weighted by Crippen LogP contribution is 2.42. The number of hydrogen-bond acceptors (Lipinski definition) is 8. The average molecular weight is 508 g/mol. The van der Waals surface area contributed by atoms with Crippen molar-refractivity contribution in [3.05, 3.63) is 87.8 Å². The summed E-state index contributed by atoms with van der Waals surface area (Å²) in [4.78, 5) is 43.9. The summed E-state index contributed by atoms with van der Waals surface area (Å²) in [5, 5.41) is 0. The lowest BCUT2D eigenvalue weighted by molar-refractivity contribution is 0.0126. The zero-order valence-corrected chi connectivity index (χ0v) is 21.1. The first-order chi connectivity index (χ1) is 17.9. The van der Waals surface area contributed by atoms with E-state index in [1.54, 1.807) is 9.47 Å². The summed E-state index contributed by atoms with van der Waals surface area (Å²) in [6.45, 7) is 3.50. The quantitative estimate of drug-likeness (QED) is 0.336. The standard InChI is InChI=1S/C27H29N3O7/c1-17(2)29-15-20(21(18-11-7-5-8-12-18)19-13-9-6-10-14-19)30-22(25(29)32)23(24(31)28-26(30)34-3)36-16-37-27(33)35-4/h5-14,17,20-21H,15-16H2,1-4H3/t20-/m1/s1. The van der Waals surface area contributed by atoms with Gasteiger partial charge in [0.25, 0.3) is 5.91 Å². The van der Waals surface area contributed by atoms with E-state index in [1.807, 2.05) is 74.5 Å². The minimum atomic E-state index is -0.989. The molecule has 0 N–H and O–H groups in total. The summed E-state index contributed by atoms with van der Waals surface area (Å²) in [6.07, 6.45) is -0.989. The molecular weight excluding hydrogens is 478 g/mol. The van der Waals surface area contributed by atoms with E-state index in [1.165, 1.54) is 7.11 Å². The van der Waals surface area contributed by atoms with Crippen molar-refractivity contribution in [2.45, 2.75) is 31.8 Å². The van der Waals surface area contributed by atoms with Crippen LogP contribution in [0, 0.1) is 0 Å². The van der Waals surface area contributed by atoms with E-state index in [9.17, 15) is 14.4 Å². The Labute approximate surface area is 214 Å². The van der Waals surface area contributed by atoms with Crippen LogP contribution in [0.25, 0.3) is 0 Å². The van der Waals surface area contributed by atoms with Gasteiger partial charge in [0.05, 0.1) is 20.3 Å². The fourth-order valence-electron chi connectivity index (χ4n) is 4.63. The molecule has 1 aliphatic rings. The SMILES string of the molecule is COC(=O)OCOc1c2n(c(OC)nc1=O)[C@@H](C(c1ccccc1)c1ccccc1)CN(C(C)C)C2=O. The van der Waals surface area contributed by atoms with Crippen LogP contribution in [0.3, 0.4) is 0 Å².